The van der Waals surface area contributed by atoms with Crippen molar-refractivity contribution >= 4 is 5.69 Å². The van der Waals surface area contributed by atoms with E-state index in [0.29, 0.717) is 5.69 Å². The van der Waals surface area contributed by atoms with Crippen molar-refractivity contribution in [3.63, 3.8) is 0 Å². The SMILES string of the molecule is CC(Nc1ccc2c(c1)OC(F)(F)O2)c1cccnc1. The van der Waals surface area contributed by atoms with Crippen molar-refractivity contribution in [2.75, 3.05) is 5.32 Å². The van der Waals surface area contributed by atoms with Gasteiger partial charge in [-0.2, -0.15) is 0 Å². The molecule has 0 aliphatic carbocycles. The van der Waals surface area contributed by atoms with Gasteiger partial charge in [0, 0.05) is 24.1 Å². The van der Waals surface area contributed by atoms with Crippen LogP contribution in [0.1, 0.15) is 18.5 Å². The Hall–Kier alpha value is -2.37. The maximum absolute atomic E-state index is 12.9. The number of halogens is 2. The number of hydrogen-bond acceptors (Lipinski definition) is 4. The number of rotatable bonds is 3. The number of aromatic nitrogens is 1. The van der Waals surface area contributed by atoms with Crippen LogP contribution in [-0.4, -0.2) is 11.3 Å². The number of nitrogens with zero attached hydrogens (tertiary/aromatic N) is 1. The normalized spacial score (nSPS) is 16.8. The van der Waals surface area contributed by atoms with Gasteiger partial charge in [-0.05, 0) is 30.7 Å². The van der Waals surface area contributed by atoms with Crippen LogP contribution in [0.5, 0.6) is 11.5 Å². The van der Waals surface area contributed by atoms with Gasteiger partial charge in [-0.1, -0.05) is 6.07 Å². The Labute approximate surface area is 114 Å². The van der Waals surface area contributed by atoms with Gasteiger partial charge in [-0.3, -0.25) is 4.98 Å². The summed E-state index contributed by atoms with van der Waals surface area (Å²) >= 11 is 0. The standard InChI is InChI=1S/C14H12F2N2O2/c1-9(10-3-2-6-17-8-10)18-11-4-5-12-13(7-11)20-14(15,16)19-12/h2-9,18H,1H3. The van der Waals surface area contributed by atoms with Crippen LogP contribution in [0, 0.1) is 0 Å². The molecule has 4 nitrogen and oxygen atoms in total. The summed E-state index contributed by atoms with van der Waals surface area (Å²) in [4.78, 5) is 4.04. The van der Waals surface area contributed by atoms with Gasteiger partial charge >= 0.3 is 6.29 Å². The Morgan fingerprint density at radius 1 is 1.20 bits per heavy atom. The van der Waals surface area contributed by atoms with Crippen LogP contribution in [-0.2, 0) is 0 Å². The maximum atomic E-state index is 12.9. The van der Waals surface area contributed by atoms with E-state index >= 15 is 0 Å². The summed E-state index contributed by atoms with van der Waals surface area (Å²) in [6.45, 7) is 1.95. The number of anilines is 1. The van der Waals surface area contributed by atoms with Crippen LogP contribution in [0.25, 0.3) is 0 Å². The first-order chi connectivity index (χ1) is 9.53. The molecule has 1 unspecified atom stereocenters. The van der Waals surface area contributed by atoms with E-state index in [-0.39, 0.29) is 17.5 Å². The summed E-state index contributed by atoms with van der Waals surface area (Å²) in [5.41, 5.74) is 1.66. The first-order valence-corrected chi connectivity index (χ1v) is 6.10. The summed E-state index contributed by atoms with van der Waals surface area (Å²) in [5, 5.41) is 3.19. The number of nitrogens with one attached hydrogen (secondary N) is 1. The van der Waals surface area contributed by atoms with Crippen molar-refractivity contribution in [3.05, 3.63) is 48.3 Å². The minimum atomic E-state index is -3.59. The molecule has 104 valence electrons. The number of fused-ring (bicyclic) bond motifs is 1. The molecule has 20 heavy (non-hydrogen) atoms. The van der Waals surface area contributed by atoms with Crippen LogP contribution in [0.2, 0.25) is 0 Å². The van der Waals surface area contributed by atoms with E-state index in [9.17, 15) is 8.78 Å². The van der Waals surface area contributed by atoms with Gasteiger partial charge in [-0.15, -0.1) is 8.78 Å². The number of benzene rings is 1. The summed E-state index contributed by atoms with van der Waals surface area (Å²) in [6.07, 6.45) is -0.145. The van der Waals surface area contributed by atoms with Crippen molar-refractivity contribution < 1.29 is 18.3 Å². The van der Waals surface area contributed by atoms with Gasteiger partial charge in [0.05, 0.1) is 6.04 Å². The molecule has 0 saturated carbocycles. The third kappa shape index (κ3) is 2.49. The number of hydrogen-bond donors (Lipinski definition) is 1. The molecule has 0 radical (unpaired) electrons. The fourth-order valence-electron chi connectivity index (χ4n) is 2.00. The summed E-state index contributed by atoms with van der Waals surface area (Å²) in [7, 11) is 0. The average molecular weight is 278 g/mol. The topological polar surface area (TPSA) is 43.4 Å². The second-order valence-electron chi connectivity index (χ2n) is 4.48. The van der Waals surface area contributed by atoms with Crippen LogP contribution in [0.4, 0.5) is 14.5 Å². The highest BCUT2D eigenvalue weighted by Gasteiger charge is 2.43. The lowest BCUT2D eigenvalue weighted by atomic mass is 10.1. The minimum Gasteiger partial charge on any atom is -0.395 e. The van der Waals surface area contributed by atoms with Crippen molar-refractivity contribution in [2.45, 2.75) is 19.3 Å². The molecular weight excluding hydrogens is 266 g/mol. The summed E-state index contributed by atoms with van der Waals surface area (Å²) < 4.78 is 34.6. The van der Waals surface area contributed by atoms with Crippen molar-refractivity contribution in [1.82, 2.24) is 4.98 Å². The van der Waals surface area contributed by atoms with Crippen LogP contribution < -0.4 is 14.8 Å². The first-order valence-electron chi connectivity index (χ1n) is 6.10. The van der Waals surface area contributed by atoms with Gasteiger partial charge in [-0.25, -0.2) is 0 Å². The zero-order valence-corrected chi connectivity index (χ0v) is 10.6. The van der Waals surface area contributed by atoms with E-state index in [2.05, 4.69) is 19.8 Å². The molecule has 1 aliphatic heterocycles. The Morgan fingerprint density at radius 3 is 2.75 bits per heavy atom. The zero-order valence-electron chi connectivity index (χ0n) is 10.6. The number of ether oxygens (including phenoxy) is 2. The van der Waals surface area contributed by atoms with Crippen molar-refractivity contribution in [3.8, 4) is 11.5 Å². The molecule has 0 spiro atoms. The monoisotopic (exact) mass is 278 g/mol. The average Bonchev–Trinajstić information content (AvgIpc) is 2.73. The third-order valence-electron chi connectivity index (χ3n) is 2.97. The number of alkyl halides is 2. The fourth-order valence-corrected chi connectivity index (χ4v) is 2.00. The van der Waals surface area contributed by atoms with E-state index < -0.39 is 6.29 Å². The van der Waals surface area contributed by atoms with Crippen molar-refractivity contribution in [1.29, 1.82) is 0 Å². The second-order valence-corrected chi connectivity index (χ2v) is 4.48. The molecule has 2 heterocycles. The largest absolute Gasteiger partial charge is 0.586 e. The molecular formula is C14H12F2N2O2. The van der Waals surface area contributed by atoms with E-state index in [1.807, 2.05) is 19.1 Å². The van der Waals surface area contributed by atoms with Gasteiger partial charge in [0.25, 0.3) is 0 Å². The molecule has 0 amide bonds. The Morgan fingerprint density at radius 2 is 2.00 bits per heavy atom. The number of pyridine rings is 1. The molecule has 0 saturated heterocycles. The molecule has 0 fully saturated rings. The lowest BCUT2D eigenvalue weighted by Gasteiger charge is -2.15. The molecule has 1 aliphatic rings. The Balaban J connectivity index is 1.77. The predicted octanol–water partition coefficient (Wildman–Crippen LogP) is 3.58. The van der Waals surface area contributed by atoms with Gasteiger partial charge in [0.1, 0.15) is 0 Å². The van der Waals surface area contributed by atoms with Gasteiger partial charge in [0.2, 0.25) is 0 Å². The fraction of sp³-hybridized carbons (Fsp3) is 0.214. The molecule has 0 bridgehead atoms. The van der Waals surface area contributed by atoms with E-state index in [4.69, 9.17) is 0 Å². The van der Waals surface area contributed by atoms with Crippen LogP contribution in [0.3, 0.4) is 0 Å². The molecule has 1 N–H and O–H groups in total. The summed E-state index contributed by atoms with van der Waals surface area (Å²) in [6, 6.07) is 8.37. The molecule has 1 atom stereocenters. The lowest BCUT2D eigenvalue weighted by Crippen LogP contribution is -2.25. The zero-order chi connectivity index (χ0) is 14.2. The smallest absolute Gasteiger partial charge is 0.395 e. The highest BCUT2D eigenvalue weighted by Crippen LogP contribution is 2.42. The molecule has 2 aromatic rings. The highest BCUT2D eigenvalue weighted by atomic mass is 19.3. The molecule has 1 aromatic heterocycles. The Bertz CT molecular complexity index is 620. The highest BCUT2D eigenvalue weighted by molar-refractivity contribution is 5.56. The van der Waals surface area contributed by atoms with Crippen LogP contribution in [0.15, 0.2) is 42.7 Å². The first kappa shape index (κ1) is 12.7. The van der Waals surface area contributed by atoms with Gasteiger partial charge < -0.3 is 14.8 Å². The Kier molecular flexibility index (Phi) is 2.93. The minimum absolute atomic E-state index is 0.00965. The third-order valence-corrected chi connectivity index (χ3v) is 2.97. The van der Waals surface area contributed by atoms with E-state index in [0.717, 1.165) is 5.56 Å². The second kappa shape index (κ2) is 4.63. The molecule has 6 heteroatoms. The van der Waals surface area contributed by atoms with Crippen molar-refractivity contribution in [2.24, 2.45) is 0 Å². The van der Waals surface area contributed by atoms with E-state index in [1.165, 1.54) is 12.1 Å². The van der Waals surface area contributed by atoms with Crippen LogP contribution >= 0.6 is 0 Å². The van der Waals surface area contributed by atoms with E-state index in [1.54, 1.807) is 18.5 Å². The lowest BCUT2D eigenvalue weighted by molar-refractivity contribution is -0.286. The molecule has 1 aromatic carbocycles. The predicted molar refractivity (Wildman–Crippen MR) is 68.9 cm³/mol. The van der Waals surface area contributed by atoms with Gasteiger partial charge in [0.15, 0.2) is 11.5 Å². The maximum Gasteiger partial charge on any atom is 0.586 e. The quantitative estimate of drug-likeness (QED) is 0.932. The summed E-state index contributed by atoms with van der Waals surface area (Å²) in [5.74, 6) is 0.0629. The molecule has 3 rings (SSSR count).